The molecule has 72 heavy (non-hydrogen) atoms. The summed E-state index contributed by atoms with van der Waals surface area (Å²) in [5.41, 5.74) is 12.2. The number of aromatic amines is 2. The Balaban J connectivity index is 0.000000142. The van der Waals surface area contributed by atoms with Crippen molar-refractivity contribution in [3.63, 3.8) is 0 Å². The maximum Gasteiger partial charge on any atom is 0.496 e. The quantitative estimate of drug-likeness (QED) is 0.0560. The molecule has 0 bridgehead atoms. The minimum atomic E-state index is -0.522. The number of nitrogens with one attached hydrogen (secondary N) is 2. The number of hydrogen-bond donors (Lipinski definition) is 3. The Hall–Kier alpha value is -8.27. The summed E-state index contributed by atoms with van der Waals surface area (Å²) in [4.78, 5) is 33.3. The van der Waals surface area contributed by atoms with Crippen molar-refractivity contribution < 1.29 is 28.7 Å². The number of hydrogen-bond acceptors (Lipinski definition) is 11. The summed E-state index contributed by atoms with van der Waals surface area (Å²) in [5.74, 6) is 0. The molecule has 0 atom stereocenters. The van der Waals surface area contributed by atoms with Crippen LogP contribution in [0, 0.1) is 20.2 Å². The number of nitro groups is 2. The Morgan fingerprint density at radius 3 is 1.56 bits per heavy atom. The summed E-state index contributed by atoms with van der Waals surface area (Å²) in [6, 6.07) is 29.2. The van der Waals surface area contributed by atoms with Crippen LogP contribution in [0.1, 0.15) is 48.5 Å². The number of carbonyl (C=O) groups is 1. The van der Waals surface area contributed by atoms with E-state index in [0.29, 0.717) is 15.8 Å². The number of nitrogens with two attached hydrogens (primary N) is 1. The Morgan fingerprint density at radius 1 is 0.667 bits per heavy atom. The van der Waals surface area contributed by atoms with Gasteiger partial charge in [-0.1, -0.05) is 28.1 Å². The van der Waals surface area contributed by atoms with Crippen molar-refractivity contribution in [2.45, 2.75) is 65.3 Å². The summed E-state index contributed by atoms with van der Waals surface area (Å²) in [5, 5.41) is 35.3. The van der Waals surface area contributed by atoms with E-state index in [0.717, 1.165) is 39.1 Å². The van der Waals surface area contributed by atoms with Gasteiger partial charge in [0.25, 0.3) is 11.4 Å². The maximum atomic E-state index is 12.0. The molecule has 7 heterocycles. The van der Waals surface area contributed by atoms with Crippen molar-refractivity contribution in [2.24, 2.45) is 0 Å². The van der Waals surface area contributed by atoms with E-state index in [1.54, 1.807) is 89.2 Å². The lowest BCUT2D eigenvalue weighted by Crippen LogP contribution is -2.41. The Labute approximate surface area is 423 Å². The van der Waals surface area contributed by atoms with Crippen LogP contribution in [-0.4, -0.2) is 78.5 Å². The largest absolute Gasteiger partial charge is 0.496 e. The number of carbonyl (C=O) groups excluding carboxylic acids is 1. The van der Waals surface area contributed by atoms with Gasteiger partial charge in [-0.05, 0) is 132 Å². The molecule has 0 aliphatic carbocycles. The van der Waals surface area contributed by atoms with E-state index >= 15 is 0 Å². The molecule has 0 radical (unpaired) electrons. The van der Waals surface area contributed by atoms with Crippen molar-refractivity contribution in [2.75, 3.05) is 5.73 Å². The second-order valence-electron chi connectivity index (χ2n) is 18.3. The topological polar surface area (TPSA) is 234 Å². The van der Waals surface area contributed by atoms with Crippen molar-refractivity contribution in [1.82, 2.24) is 38.7 Å². The fourth-order valence-electron chi connectivity index (χ4n) is 7.16. The molecule has 0 unspecified atom stereocenters. The molecule has 1 fully saturated rings. The number of nitrogens with zero attached hydrogens (tertiary/aromatic N) is 8. The van der Waals surface area contributed by atoms with Crippen LogP contribution in [-0.2, 0) is 14.0 Å². The van der Waals surface area contributed by atoms with Crippen LogP contribution in [0.5, 0.6) is 0 Å². The normalized spacial score (nSPS) is 13.4. The molecule has 21 heteroatoms. The zero-order chi connectivity index (χ0) is 51.8. The molecule has 1 aliphatic rings. The van der Waals surface area contributed by atoms with Gasteiger partial charge in [-0.2, -0.15) is 10.2 Å². The Bertz CT molecular complexity index is 3200. The first kappa shape index (κ1) is 51.6. The summed E-state index contributed by atoms with van der Waals surface area (Å²) in [7, 11) is -0.473. The predicted octanol–water partition coefficient (Wildman–Crippen LogP) is 10.9. The standard InChI is InChI=1S/C15H24BNO4.C13H10N4O2.C13H12N4.C10H7BrN2O2/c1-13(2,3)19-12(18)17-9-8-11(10-17)16-20-14(4,5)15(6,7)21-16;18-17(19)13-7-10(11-8-14-15-9-11)3-4-12(13)16-5-1-2-6-16;14-12-7-10(11-8-15-16-9-11)3-4-13(12)17-5-1-2-6-17;11-8-3-4-9(10(7-8)13(14)15)12-5-1-2-6-12/h8-10H,1-7H3;1-9H,(H,14,15);1-9H,14H2,(H,15,16);1-7H. The van der Waals surface area contributed by atoms with E-state index in [9.17, 15) is 25.0 Å². The first-order chi connectivity index (χ1) is 34.2. The minimum Gasteiger partial charge on any atom is -0.443 e. The third-order valence-corrected chi connectivity index (χ3v) is 12.0. The molecule has 4 N–H and O–H groups in total. The molecular formula is C51H53BBrN11O8. The fourth-order valence-corrected chi connectivity index (χ4v) is 7.51. The molecule has 370 valence electrons. The molecule has 9 aromatic rings. The lowest BCUT2D eigenvalue weighted by atomic mass is 9.81. The van der Waals surface area contributed by atoms with Crippen molar-refractivity contribution >= 4 is 51.7 Å². The number of benzene rings is 3. The summed E-state index contributed by atoms with van der Waals surface area (Å²) in [6.07, 6.45) is 21.0. The van der Waals surface area contributed by atoms with E-state index in [1.165, 1.54) is 10.6 Å². The number of ether oxygens (including phenoxy) is 1. The van der Waals surface area contributed by atoms with Gasteiger partial charge in [-0.3, -0.25) is 35.0 Å². The summed E-state index contributed by atoms with van der Waals surface area (Å²) >= 11 is 3.21. The van der Waals surface area contributed by atoms with Crippen LogP contribution in [0.25, 0.3) is 39.3 Å². The van der Waals surface area contributed by atoms with Gasteiger partial charge >= 0.3 is 13.2 Å². The number of H-pyrrole nitrogens is 2. The van der Waals surface area contributed by atoms with Crippen LogP contribution in [0.4, 0.5) is 21.9 Å². The highest BCUT2D eigenvalue weighted by molar-refractivity contribution is 9.10. The monoisotopic (exact) mass is 1040 g/mol. The summed E-state index contributed by atoms with van der Waals surface area (Å²) < 4.78 is 24.8. The number of rotatable bonds is 8. The second kappa shape index (κ2) is 21.8. The SMILES string of the molecule is CC(C)(C)OC(=O)n1ccc(B2OC(C)(C)C(C)(C)O2)c1.Nc1cc(-c2cn[nH]c2)ccc1-n1cccc1.O=[N+]([O-])c1cc(-c2cn[nH]c2)ccc1-n1cccc1.O=[N+]([O-])c1cc(Br)ccc1-n1cccc1. The first-order valence-corrected chi connectivity index (χ1v) is 23.3. The van der Waals surface area contributed by atoms with Crippen LogP contribution in [0.15, 0.2) is 176 Å². The Morgan fingerprint density at radius 2 is 1.11 bits per heavy atom. The van der Waals surface area contributed by atoms with Crippen LogP contribution < -0.4 is 11.2 Å². The molecule has 6 aromatic heterocycles. The lowest BCUT2D eigenvalue weighted by molar-refractivity contribution is -0.384. The van der Waals surface area contributed by atoms with Crippen LogP contribution in [0.3, 0.4) is 0 Å². The molecule has 0 amide bonds. The van der Waals surface area contributed by atoms with E-state index in [-0.39, 0.29) is 21.2 Å². The molecule has 3 aromatic carbocycles. The van der Waals surface area contributed by atoms with E-state index in [1.807, 2.05) is 138 Å². The average molecular weight is 1040 g/mol. The highest BCUT2D eigenvalue weighted by Crippen LogP contribution is 2.37. The molecule has 10 rings (SSSR count). The molecule has 0 saturated carbocycles. The van der Waals surface area contributed by atoms with Gasteiger partial charge in [0, 0.05) is 95.2 Å². The third-order valence-electron chi connectivity index (χ3n) is 11.5. The van der Waals surface area contributed by atoms with Gasteiger partial charge < -0.3 is 33.5 Å². The smallest absolute Gasteiger partial charge is 0.443 e. The van der Waals surface area contributed by atoms with E-state index < -0.39 is 30.0 Å². The number of nitro benzene ring substituents is 2. The van der Waals surface area contributed by atoms with E-state index in [4.69, 9.17) is 19.8 Å². The zero-order valence-electron chi connectivity index (χ0n) is 40.5. The number of nitrogen functional groups attached to an aromatic ring is 1. The summed E-state index contributed by atoms with van der Waals surface area (Å²) in [6.45, 7) is 13.5. The van der Waals surface area contributed by atoms with Gasteiger partial charge in [-0.25, -0.2) is 4.79 Å². The van der Waals surface area contributed by atoms with Crippen LogP contribution >= 0.6 is 15.9 Å². The van der Waals surface area contributed by atoms with Gasteiger partial charge in [0.15, 0.2) is 0 Å². The van der Waals surface area contributed by atoms with Crippen molar-refractivity contribution in [3.8, 4) is 39.3 Å². The maximum absolute atomic E-state index is 12.0. The van der Waals surface area contributed by atoms with Gasteiger partial charge in [0.2, 0.25) is 0 Å². The van der Waals surface area contributed by atoms with Crippen molar-refractivity contribution in [1.29, 1.82) is 0 Å². The molecule has 1 aliphatic heterocycles. The van der Waals surface area contributed by atoms with Gasteiger partial charge in [0.1, 0.15) is 17.0 Å². The predicted molar refractivity (Wildman–Crippen MR) is 280 cm³/mol. The highest BCUT2D eigenvalue weighted by atomic mass is 79.9. The Kier molecular flexibility index (Phi) is 15.6. The average Bonchev–Trinajstić information content (AvgIpc) is 4.19. The number of anilines is 1. The fraction of sp³-hybridized carbons (Fsp3) is 0.196. The third kappa shape index (κ3) is 12.5. The van der Waals surface area contributed by atoms with Gasteiger partial charge in [-0.15, -0.1) is 0 Å². The van der Waals surface area contributed by atoms with Gasteiger partial charge in [0.05, 0.1) is 44.8 Å². The van der Waals surface area contributed by atoms with Crippen LogP contribution in [0.2, 0.25) is 0 Å². The second-order valence-corrected chi connectivity index (χ2v) is 19.2. The molecular weight excluding hydrogens is 985 g/mol. The lowest BCUT2D eigenvalue weighted by Gasteiger charge is -2.32. The first-order valence-electron chi connectivity index (χ1n) is 22.5. The van der Waals surface area contributed by atoms with E-state index in [2.05, 4.69) is 36.3 Å². The molecule has 0 spiro atoms. The molecule has 1 saturated heterocycles. The highest BCUT2D eigenvalue weighted by Gasteiger charge is 2.52. The molecule has 19 nitrogen and oxygen atoms in total. The number of halogens is 1. The van der Waals surface area contributed by atoms with Crippen molar-refractivity contribution in [3.05, 3.63) is 196 Å². The number of aromatic nitrogens is 8. The minimum absolute atomic E-state index is 0.0647. The zero-order valence-corrected chi connectivity index (χ0v) is 42.1.